The van der Waals surface area contributed by atoms with E-state index in [2.05, 4.69) is 4.98 Å². The van der Waals surface area contributed by atoms with Gasteiger partial charge in [-0.1, -0.05) is 12.1 Å². The van der Waals surface area contributed by atoms with Crippen molar-refractivity contribution in [2.45, 2.75) is 0 Å². The summed E-state index contributed by atoms with van der Waals surface area (Å²) >= 11 is 0. The molecule has 3 rings (SSSR count). The van der Waals surface area contributed by atoms with Crippen molar-refractivity contribution in [3.05, 3.63) is 65.0 Å². The normalized spacial score (nSPS) is 10.7. The van der Waals surface area contributed by atoms with Gasteiger partial charge in [-0.3, -0.25) is 0 Å². The fourth-order valence-electron chi connectivity index (χ4n) is 1.79. The van der Waals surface area contributed by atoms with Crippen molar-refractivity contribution >= 4 is 11.0 Å². The van der Waals surface area contributed by atoms with Crippen molar-refractivity contribution in [2.24, 2.45) is 0 Å². The van der Waals surface area contributed by atoms with Crippen molar-refractivity contribution in [3.63, 3.8) is 0 Å². The second kappa shape index (κ2) is 4.07. The van der Waals surface area contributed by atoms with Gasteiger partial charge in [0.15, 0.2) is 0 Å². The van der Waals surface area contributed by atoms with E-state index < -0.39 is 11.6 Å². The minimum atomic E-state index is -0.522. The number of benzene rings is 1. The summed E-state index contributed by atoms with van der Waals surface area (Å²) in [6.07, 6.45) is 1.44. The molecule has 0 atom stereocenters. The van der Waals surface area contributed by atoms with Gasteiger partial charge in [-0.15, -0.1) is 0 Å². The molecule has 0 saturated heterocycles. The van der Waals surface area contributed by atoms with Gasteiger partial charge < -0.3 is 4.42 Å². The number of pyridine rings is 1. The summed E-state index contributed by atoms with van der Waals surface area (Å²) in [4.78, 5) is 14.7. The molecule has 0 N–H and O–H groups in total. The van der Waals surface area contributed by atoms with E-state index in [4.69, 9.17) is 4.42 Å². The summed E-state index contributed by atoms with van der Waals surface area (Å²) in [6.45, 7) is 0. The standard InChI is InChI=1S/C14H8FNO2/c15-13-5-3-11(8-16-13)10-2-1-9-4-6-14(17)18-12(9)7-10/h1-8H. The predicted octanol–water partition coefficient (Wildman–Crippen LogP) is 2.99. The van der Waals surface area contributed by atoms with E-state index in [9.17, 15) is 9.18 Å². The fourth-order valence-corrected chi connectivity index (χ4v) is 1.79. The highest BCUT2D eigenvalue weighted by atomic mass is 19.1. The summed E-state index contributed by atoms with van der Waals surface area (Å²) in [5, 5.41) is 0.841. The largest absolute Gasteiger partial charge is 0.423 e. The Hall–Kier alpha value is -2.49. The van der Waals surface area contributed by atoms with E-state index in [1.165, 1.54) is 18.3 Å². The Bertz CT molecular complexity index is 763. The zero-order chi connectivity index (χ0) is 12.5. The highest BCUT2D eigenvalue weighted by Gasteiger charge is 2.02. The maximum Gasteiger partial charge on any atom is 0.336 e. The van der Waals surface area contributed by atoms with Crippen LogP contribution in [0.5, 0.6) is 0 Å². The molecule has 3 aromatic rings. The van der Waals surface area contributed by atoms with Crippen LogP contribution in [0.3, 0.4) is 0 Å². The van der Waals surface area contributed by atoms with Gasteiger partial charge in [0, 0.05) is 23.2 Å². The number of nitrogens with zero attached hydrogens (tertiary/aromatic N) is 1. The molecule has 0 amide bonds. The quantitative estimate of drug-likeness (QED) is 0.486. The fraction of sp³-hybridized carbons (Fsp3) is 0. The molecule has 3 nitrogen and oxygen atoms in total. The molecule has 2 heterocycles. The molecule has 0 aliphatic heterocycles. The molecule has 0 fully saturated rings. The Morgan fingerprint density at radius 1 is 1.00 bits per heavy atom. The highest BCUT2D eigenvalue weighted by Crippen LogP contribution is 2.23. The Morgan fingerprint density at radius 2 is 1.78 bits per heavy atom. The summed E-state index contributed by atoms with van der Waals surface area (Å²) in [7, 11) is 0. The molecule has 1 aromatic carbocycles. The van der Waals surface area contributed by atoms with Crippen LogP contribution >= 0.6 is 0 Å². The van der Waals surface area contributed by atoms with Gasteiger partial charge >= 0.3 is 5.63 Å². The molecule has 0 radical (unpaired) electrons. The lowest BCUT2D eigenvalue weighted by Gasteiger charge is -2.02. The molecule has 0 bridgehead atoms. The van der Waals surface area contributed by atoms with Crippen LogP contribution in [0.15, 0.2) is 57.9 Å². The third-order valence-corrected chi connectivity index (χ3v) is 2.68. The second-order valence-electron chi connectivity index (χ2n) is 3.88. The predicted molar refractivity (Wildman–Crippen MR) is 65.7 cm³/mol. The zero-order valence-electron chi connectivity index (χ0n) is 9.26. The first-order valence-electron chi connectivity index (χ1n) is 5.38. The Balaban J connectivity index is 2.18. The second-order valence-corrected chi connectivity index (χ2v) is 3.88. The number of halogens is 1. The number of hydrogen-bond acceptors (Lipinski definition) is 3. The smallest absolute Gasteiger partial charge is 0.336 e. The number of aromatic nitrogens is 1. The summed E-state index contributed by atoms with van der Waals surface area (Å²) in [5.74, 6) is -0.522. The molecule has 0 spiro atoms. The lowest BCUT2D eigenvalue weighted by molar-refractivity contribution is 0.561. The maximum atomic E-state index is 12.7. The SMILES string of the molecule is O=c1ccc2ccc(-c3ccc(F)nc3)cc2o1. The van der Waals surface area contributed by atoms with Crippen molar-refractivity contribution in [3.8, 4) is 11.1 Å². The molecule has 0 aliphatic carbocycles. The van der Waals surface area contributed by atoms with Gasteiger partial charge in [-0.25, -0.2) is 9.78 Å². The van der Waals surface area contributed by atoms with E-state index in [1.807, 2.05) is 12.1 Å². The molecule has 4 heteroatoms. The van der Waals surface area contributed by atoms with Gasteiger partial charge in [-0.05, 0) is 29.8 Å². The Morgan fingerprint density at radius 3 is 2.56 bits per heavy atom. The molecule has 18 heavy (non-hydrogen) atoms. The Kier molecular flexibility index (Phi) is 2.41. The minimum absolute atomic E-state index is 0.392. The van der Waals surface area contributed by atoms with Crippen LogP contribution in [0.4, 0.5) is 4.39 Å². The number of rotatable bonds is 1. The van der Waals surface area contributed by atoms with Crippen LogP contribution in [0.25, 0.3) is 22.1 Å². The third kappa shape index (κ3) is 1.88. The average molecular weight is 241 g/mol. The zero-order valence-corrected chi connectivity index (χ0v) is 9.26. The monoisotopic (exact) mass is 241 g/mol. The van der Waals surface area contributed by atoms with Crippen LogP contribution in [0, 0.1) is 5.95 Å². The summed E-state index contributed by atoms with van der Waals surface area (Å²) < 4.78 is 17.8. The van der Waals surface area contributed by atoms with Crippen LogP contribution in [0.1, 0.15) is 0 Å². The van der Waals surface area contributed by atoms with Gasteiger partial charge in [0.25, 0.3) is 0 Å². The molecule has 2 aromatic heterocycles. The van der Waals surface area contributed by atoms with Crippen LogP contribution in [0.2, 0.25) is 0 Å². The van der Waals surface area contributed by atoms with Crippen molar-refractivity contribution < 1.29 is 8.81 Å². The van der Waals surface area contributed by atoms with Crippen molar-refractivity contribution in [1.82, 2.24) is 4.98 Å². The maximum absolute atomic E-state index is 12.7. The van der Waals surface area contributed by atoms with E-state index in [0.29, 0.717) is 5.58 Å². The van der Waals surface area contributed by atoms with Crippen LogP contribution in [-0.4, -0.2) is 4.98 Å². The van der Waals surface area contributed by atoms with Gasteiger partial charge in [0.2, 0.25) is 5.95 Å². The van der Waals surface area contributed by atoms with E-state index in [0.717, 1.165) is 16.5 Å². The van der Waals surface area contributed by atoms with Gasteiger partial charge in [-0.2, -0.15) is 4.39 Å². The lowest BCUT2D eigenvalue weighted by Crippen LogP contribution is -1.94. The van der Waals surface area contributed by atoms with Crippen molar-refractivity contribution in [1.29, 1.82) is 0 Å². The number of hydrogen-bond donors (Lipinski definition) is 0. The van der Waals surface area contributed by atoms with Gasteiger partial charge in [0.1, 0.15) is 5.58 Å². The summed E-state index contributed by atoms with van der Waals surface area (Å²) in [5.41, 5.74) is 1.70. The molecular formula is C14H8FNO2. The first-order valence-corrected chi connectivity index (χ1v) is 5.38. The molecule has 88 valence electrons. The van der Waals surface area contributed by atoms with E-state index >= 15 is 0 Å². The minimum Gasteiger partial charge on any atom is -0.423 e. The van der Waals surface area contributed by atoms with Crippen molar-refractivity contribution in [2.75, 3.05) is 0 Å². The van der Waals surface area contributed by atoms with Crippen LogP contribution in [-0.2, 0) is 0 Å². The molecule has 0 aliphatic rings. The van der Waals surface area contributed by atoms with Crippen LogP contribution < -0.4 is 5.63 Å². The lowest BCUT2D eigenvalue weighted by atomic mass is 10.1. The number of fused-ring (bicyclic) bond motifs is 1. The highest BCUT2D eigenvalue weighted by molar-refractivity contribution is 5.82. The van der Waals surface area contributed by atoms with Gasteiger partial charge in [0.05, 0.1) is 0 Å². The first kappa shape index (κ1) is 10.7. The van der Waals surface area contributed by atoms with E-state index in [1.54, 1.807) is 18.2 Å². The van der Waals surface area contributed by atoms with E-state index in [-0.39, 0.29) is 0 Å². The third-order valence-electron chi connectivity index (χ3n) is 2.68. The first-order chi connectivity index (χ1) is 8.72. The summed E-state index contributed by atoms with van der Waals surface area (Å²) in [6, 6.07) is 11.5. The topological polar surface area (TPSA) is 43.1 Å². The average Bonchev–Trinajstić information content (AvgIpc) is 2.38. The Labute approximate surface area is 102 Å². The molecule has 0 unspecified atom stereocenters. The molecular weight excluding hydrogens is 233 g/mol. The molecule has 0 saturated carbocycles.